The molecule has 0 aliphatic carbocycles. The van der Waals surface area contributed by atoms with E-state index in [9.17, 15) is 25.1 Å². The van der Waals surface area contributed by atoms with Crippen molar-refractivity contribution < 1.29 is 25.0 Å². The Balaban J connectivity index is 2.53. The maximum absolute atomic E-state index is 11.0. The van der Waals surface area contributed by atoms with Gasteiger partial charge in [0.15, 0.2) is 0 Å². The molecule has 2 rings (SSSR count). The van der Waals surface area contributed by atoms with Gasteiger partial charge in [0.2, 0.25) is 0 Å². The van der Waals surface area contributed by atoms with Gasteiger partial charge in [-0.1, -0.05) is 0 Å². The number of carboxylic acid groups (broad SMARTS) is 1. The Kier molecular flexibility index (Phi) is 4.10. The molecule has 0 amide bonds. The summed E-state index contributed by atoms with van der Waals surface area (Å²) >= 11 is 0. The molecule has 0 saturated heterocycles. The van der Waals surface area contributed by atoms with E-state index in [-0.39, 0.29) is 16.6 Å². The first kappa shape index (κ1) is 14.8. The molecule has 0 radical (unpaired) electrons. The number of benzene rings is 1. The van der Waals surface area contributed by atoms with Crippen LogP contribution < -0.4 is 0 Å². The second kappa shape index (κ2) is 5.81. The number of nitrogens with zero attached hydrogens (tertiary/aromatic N) is 2. The van der Waals surface area contributed by atoms with Gasteiger partial charge in [-0.15, -0.1) is 0 Å². The molecule has 1 aromatic heterocycles. The minimum atomic E-state index is -1.51. The molecule has 0 bridgehead atoms. The lowest BCUT2D eigenvalue weighted by Crippen LogP contribution is -2.22. The third-order valence-corrected chi connectivity index (χ3v) is 3.09. The molecule has 0 saturated carbocycles. The van der Waals surface area contributed by atoms with Crippen molar-refractivity contribution in [2.75, 3.05) is 0 Å². The smallest absolute Gasteiger partial charge is 0.306 e. The van der Waals surface area contributed by atoms with Crippen molar-refractivity contribution in [2.24, 2.45) is 0 Å². The summed E-state index contributed by atoms with van der Waals surface area (Å²) in [4.78, 5) is 24.8. The SMILES string of the molecule is O=C(O)CC(O)C(O)c1ccc([N+](=O)[O-])c2cnccc12. The molecule has 3 N–H and O–H groups in total. The van der Waals surface area contributed by atoms with Crippen LogP contribution >= 0.6 is 0 Å². The highest BCUT2D eigenvalue weighted by Gasteiger charge is 2.25. The molecule has 1 aromatic carbocycles. The molecule has 8 heteroatoms. The average molecular weight is 292 g/mol. The number of non-ortho nitro benzene ring substituents is 1. The fourth-order valence-electron chi connectivity index (χ4n) is 2.11. The van der Waals surface area contributed by atoms with E-state index >= 15 is 0 Å². The van der Waals surface area contributed by atoms with Crippen molar-refractivity contribution in [3.05, 3.63) is 46.3 Å². The van der Waals surface area contributed by atoms with Gasteiger partial charge in [0, 0.05) is 18.5 Å². The lowest BCUT2D eigenvalue weighted by molar-refractivity contribution is -0.383. The maximum atomic E-state index is 11.0. The van der Waals surface area contributed by atoms with Gasteiger partial charge in [-0.3, -0.25) is 19.9 Å². The maximum Gasteiger partial charge on any atom is 0.306 e. The number of rotatable bonds is 5. The Bertz CT molecular complexity index is 702. The standard InChI is InChI=1S/C13H12N2O6/c16-11(5-12(17)18)13(19)8-1-2-10(15(20)21)9-6-14-4-3-7(8)9/h1-4,6,11,13,16,19H,5H2,(H,17,18). The van der Waals surface area contributed by atoms with Gasteiger partial charge in [0.05, 0.1) is 22.8 Å². The third kappa shape index (κ3) is 2.96. The largest absolute Gasteiger partial charge is 0.481 e. The Hall–Kier alpha value is -2.58. The summed E-state index contributed by atoms with van der Waals surface area (Å²) in [7, 11) is 0. The molecule has 1 heterocycles. The van der Waals surface area contributed by atoms with Crippen LogP contribution in [0.5, 0.6) is 0 Å². The van der Waals surface area contributed by atoms with E-state index in [1.54, 1.807) is 0 Å². The number of aromatic nitrogens is 1. The number of hydrogen-bond donors (Lipinski definition) is 3. The fourth-order valence-corrected chi connectivity index (χ4v) is 2.11. The molecule has 0 aliphatic rings. The van der Waals surface area contributed by atoms with Crippen LogP contribution in [0.25, 0.3) is 10.8 Å². The molecule has 0 spiro atoms. The summed E-state index contributed by atoms with van der Waals surface area (Å²) in [5, 5.41) is 39.9. The number of aliphatic hydroxyl groups excluding tert-OH is 2. The first-order valence-electron chi connectivity index (χ1n) is 6.00. The van der Waals surface area contributed by atoms with E-state index in [0.29, 0.717) is 5.39 Å². The predicted octanol–water partition coefficient (Wildman–Crippen LogP) is 1.01. The van der Waals surface area contributed by atoms with Crippen LogP contribution in [0.2, 0.25) is 0 Å². The van der Waals surface area contributed by atoms with E-state index in [1.807, 2.05) is 0 Å². The van der Waals surface area contributed by atoms with Gasteiger partial charge in [0.25, 0.3) is 5.69 Å². The first-order chi connectivity index (χ1) is 9.91. The van der Waals surface area contributed by atoms with Crippen molar-refractivity contribution >= 4 is 22.4 Å². The third-order valence-electron chi connectivity index (χ3n) is 3.09. The van der Waals surface area contributed by atoms with E-state index in [2.05, 4.69) is 4.98 Å². The molecule has 2 aromatic rings. The number of nitro benzene ring substituents is 1. The normalized spacial score (nSPS) is 13.8. The second-order valence-corrected chi connectivity index (χ2v) is 4.46. The monoisotopic (exact) mass is 292 g/mol. The zero-order valence-electron chi connectivity index (χ0n) is 10.7. The molecule has 110 valence electrons. The zero-order valence-corrected chi connectivity index (χ0v) is 10.7. The number of fused-ring (bicyclic) bond motifs is 1. The minimum absolute atomic E-state index is 0.179. The number of nitro groups is 1. The van der Waals surface area contributed by atoms with E-state index in [4.69, 9.17) is 5.11 Å². The van der Waals surface area contributed by atoms with Gasteiger partial charge in [0.1, 0.15) is 6.10 Å². The Labute approximate surface area is 118 Å². The number of carboxylic acids is 1. The zero-order chi connectivity index (χ0) is 15.6. The van der Waals surface area contributed by atoms with Gasteiger partial charge in [-0.25, -0.2) is 0 Å². The highest BCUT2D eigenvalue weighted by atomic mass is 16.6. The Morgan fingerprint density at radius 1 is 1.29 bits per heavy atom. The lowest BCUT2D eigenvalue weighted by Gasteiger charge is -2.18. The molecular weight excluding hydrogens is 280 g/mol. The Morgan fingerprint density at radius 3 is 2.62 bits per heavy atom. The number of carbonyl (C=O) groups is 1. The topological polar surface area (TPSA) is 134 Å². The average Bonchev–Trinajstić information content (AvgIpc) is 2.44. The summed E-state index contributed by atoms with van der Waals surface area (Å²) < 4.78 is 0. The van der Waals surface area contributed by atoms with Crippen molar-refractivity contribution in [3.63, 3.8) is 0 Å². The quantitative estimate of drug-likeness (QED) is 0.553. The van der Waals surface area contributed by atoms with Crippen molar-refractivity contribution in [1.82, 2.24) is 4.98 Å². The molecule has 21 heavy (non-hydrogen) atoms. The van der Waals surface area contributed by atoms with E-state index in [1.165, 1.54) is 30.6 Å². The molecule has 8 nitrogen and oxygen atoms in total. The number of aliphatic carboxylic acids is 1. The number of pyridine rings is 1. The molecule has 0 fully saturated rings. The fraction of sp³-hybridized carbons (Fsp3) is 0.231. The van der Waals surface area contributed by atoms with E-state index < -0.39 is 29.5 Å². The number of aliphatic hydroxyl groups is 2. The summed E-state index contributed by atoms with van der Waals surface area (Å²) in [5.41, 5.74) is 0.0357. The van der Waals surface area contributed by atoms with Gasteiger partial charge >= 0.3 is 5.97 Å². The number of hydrogen-bond acceptors (Lipinski definition) is 6. The van der Waals surface area contributed by atoms with Crippen LogP contribution in [0.1, 0.15) is 18.1 Å². The van der Waals surface area contributed by atoms with Crippen molar-refractivity contribution in [3.8, 4) is 0 Å². The lowest BCUT2D eigenvalue weighted by atomic mass is 9.96. The highest BCUT2D eigenvalue weighted by molar-refractivity contribution is 5.92. The van der Waals surface area contributed by atoms with Crippen molar-refractivity contribution in [2.45, 2.75) is 18.6 Å². The van der Waals surface area contributed by atoms with Crippen LogP contribution in [-0.2, 0) is 4.79 Å². The summed E-state index contributed by atoms with van der Waals surface area (Å²) in [5.74, 6) is -1.26. The van der Waals surface area contributed by atoms with Crippen molar-refractivity contribution in [1.29, 1.82) is 0 Å². The Morgan fingerprint density at radius 2 is 2.00 bits per heavy atom. The van der Waals surface area contributed by atoms with Gasteiger partial charge in [-0.2, -0.15) is 0 Å². The van der Waals surface area contributed by atoms with Crippen LogP contribution in [0.4, 0.5) is 5.69 Å². The highest BCUT2D eigenvalue weighted by Crippen LogP contribution is 2.32. The molecule has 2 atom stereocenters. The van der Waals surface area contributed by atoms with Crippen LogP contribution in [0.3, 0.4) is 0 Å². The summed E-state index contributed by atoms with van der Waals surface area (Å²) in [6, 6.07) is 3.96. The molecule has 2 unspecified atom stereocenters. The summed E-state index contributed by atoms with van der Waals surface area (Å²) in [6.45, 7) is 0. The second-order valence-electron chi connectivity index (χ2n) is 4.46. The van der Waals surface area contributed by atoms with Gasteiger partial charge in [-0.05, 0) is 23.1 Å². The van der Waals surface area contributed by atoms with Crippen LogP contribution in [-0.4, -0.2) is 37.3 Å². The van der Waals surface area contributed by atoms with Gasteiger partial charge < -0.3 is 15.3 Å². The predicted molar refractivity (Wildman–Crippen MR) is 71.6 cm³/mol. The van der Waals surface area contributed by atoms with Crippen LogP contribution in [0.15, 0.2) is 30.6 Å². The van der Waals surface area contributed by atoms with Crippen LogP contribution in [0, 0.1) is 10.1 Å². The molecule has 0 aliphatic heterocycles. The molecular formula is C13H12N2O6. The minimum Gasteiger partial charge on any atom is -0.481 e. The first-order valence-corrected chi connectivity index (χ1v) is 6.00. The summed E-state index contributed by atoms with van der Waals surface area (Å²) in [6.07, 6.45) is -0.934. The van der Waals surface area contributed by atoms with E-state index in [0.717, 1.165) is 0 Å².